The molecule has 0 saturated heterocycles. The van der Waals surface area contributed by atoms with E-state index >= 15 is 0 Å². The van der Waals surface area contributed by atoms with Crippen molar-refractivity contribution >= 4 is 27.8 Å². The minimum absolute atomic E-state index is 0.0606. The Kier molecular flexibility index (Phi) is 5.72. The molecule has 2 heterocycles. The zero-order chi connectivity index (χ0) is 22.6. The molecular weight excluding hydrogens is 412 g/mol. The van der Waals surface area contributed by atoms with Crippen molar-refractivity contribution in [2.75, 3.05) is 6.54 Å². The van der Waals surface area contributed by atoms with E-state index in [4.69, 9.17) is 0 Å². The molecular formula is C27H24N4O2. The van der Waals surface area contributed by atoms with Crippen molar-refractivity contribution in [2.24, 2.45) is 0 Å². The zero-order valence-corrected chi connectivity index (χ0v) is 18.1. The molecule has 0 radical (unpaired) electrons. The zero-order valence-electron chi connectivity index (χ0n) is 18.1. The van der Waals surface area contributed by atoms with Crippen molar-refractivity contribution in [3.8, 4) is 0 Å². The first kappa shape index (κ1) is 20.7. The Hall–Kier alpha value is -4.19. The molecule has 0 bridgehead atoms. The molecule has 1 N–H and O–H groups in total. The Morgan fingerprint density at radius 2 is 1.52 bits per heavy atom. The molecule has 2 aromatic heterocycles. The van der Waals surface area contributed by atoms with Crippen LogP contribution in [-0.2, 0) is 24.3 Å². The smallest absolute Gasteiger partial charge is 0.278 e. The van der Waals surface area contributed by atoms with Crippen LogP contribution in [0, 0.1) is 0 Å². The standard InChI is InChI=1S/C27H24N4O2/c32-24(28-16-15-20-9-3-1-4-10-20)18-31-23-14-8-7-13-22(23)25-26(31)27(33)30(19-29-25)17-21-11-5-2-6-12-21/h1-14,19H,15-18H2,(H,28,32). The Morgan fingerprint density at radius 3 is 2.27 bits per heavy atom. The van der Waals surface area contributed by atoms with Crippen LogP contribution < -0.4 is 10.9 Å². The van der Waals surface area contributed by atoms with E-state index in [0.29, 0.717) is 24.1 Å². The van der Waals surface area contributed by atoms with Gasteiger partial charge in [0, 0.05) is 11.9 Å². The first-order valence-electron chi connectivity index (χ1n) is 11.0. The number of aromatic nitrogens is 3. The number of amides is 1. The van der Waals surface area contributed by atoms with Gasteiger partial charge in [0.2, 0.25) is 5.91 Å². The SMILES string of the molecule is O=C(Cn1c2ccccc2c2ncn(Cc3ccccc3)c(=O)c21)NCCc1ccccc1. The summed E-state index contributed by atoms with van der Waals surface area (Å²) in [6.45, 7) is 1.02. The maximum absolute atomic E-state index is 13.5. The summed E-state index contributed by atoms with van der Waals surface area (Å²) >= 11 is 0. The number of nitrogens with zero attached hydrogens (tertiary/aromatic N) is 3. The molecule has 0 saturated carbocycles. The van der Waals surface area contributed by atoms with Gasteiger partial charge in [-0.15, -0.1) is 0 Å². The summed E-state index contributed by atoms with van der Waals surface area (Å²) in [6.07, 6.45) is 2.35. The van der Waals surface area contributed by atoms with Crippen molar-refractivity contribution in [2.45, 2.75) is 19.5 Å². The van der Waals surface area contributed by atoms with Crippen molar-refractivity contribution < 1.29 is 4.79 Å². The molecule has 0 aliphatic rings. The molecule has 6 nitrogen and oxygen atoms in total. The largest absolute Gasteiger partial charge is 0.354 e. The Balaban J connectivity index is 1.46. The number of benzene rings is 3. The van der Waals surface area contributed by atoms with Gasteiger partial charge in [-0.25, -0.2) is 4.98 Å². The third-order valence-corrected chi connectivity index (χ3v) is 5.81. The highest BCUT2D eigenvalue weighted by Gasteiger charge is 2.18. The van der Waals surface area contributed by atoms with Gasteiger partial charge in [-0.1, -0.05) is 78.9 Å². The van der Waals surface area contributed by atoms with Gasteiger partial charge in [0.05, 0.1) is 18.4 Å². The van der Waals surface area contributed by atoms with Crippen LogP contribution in [0.4, 0.5) is 0 Å². The van der Waals surface area contributed by atoms with E-state index in [1.165, 1.54) is 5.56 Å². The monoisotopic (exact) mass is 436 g/mol. The van der Waals surface area contributed by atoms with E-state index in [1.54, 1.807) is 15.5 Å². The van der Waals surface area contributed by atoms with Crippen LogP contribution in [0.5, 0.6) is 0 Å². The number of carbonyl (C=O) groups is 1. The predicted octanol–water partition coefficient (Wildman–Crippen LogP) is 3.76. The van der Waals surface area contributed by atoms with Gasteiger partial charge in [0.1, 0.15) is 17.6 Å². The lowest BCUT2D eigenvalue weighted by Gasteiger charge is -2.10. The number of para-hydroxylation sites is 1. The van der Waals surface area contributed by atoms with Crippen LogP contribution in [-0.4, -0.2) is 26.6 Å². The highest BCUT2D eigenvalue weighted by Crippen LogP contribution is 2.25. The van der Waals surface area contributed by atoms with E-state index in [9.17, 15) is 9.59 Å². The lowest BCUT2D eigenvalue weighted by Crippen LogP contribution is -2.30. The average Bonchev–Trinajstić information content (AvgIpc) is 3.16. The second kappa shape index (κ2) is 9.12. The van der Waals surface area contributed by atoms with Crippen LogP contribution in [0.3, 0.4) is 0 Å². The molecule has 33 heavy (non-hydrogen) atoms. The normalized spacial score (nSPS) is 11.2. The fourth-order valence-corrected chi connectivity index (χ4v) is 4.20. The van der Waals surface area contributed by atoms with Gasteiger partial charge in [-0.05, 0) is 23.6 Å². The Labute approximate surface area is 191 Å². The number of fused-ring (bicyclic) bond motifs is 3. The molecule has 5 aromatic rings. The number of rotatable bonds is 7. The van der Waals surface area contributed by atoms with Gasteiger partial charge in [-0.2, -0.15) is 0 Å². The minimum Gasteiger partial charge on any atom is -0.354 e. The van der Waals surface area contributed by atoms with Crippen LogP contribution in [0.1, 0.15) is 11.1 Å². The highest BCUT2D eigenvalue weighted by molar-refractivity contribution is 6.06. The summed E-state index contributed by atoms with van der Waals surface area (Å²) in [5.74, 6) is -0.133. The predicted molar refractivity (Wildman–Crippen MR) is 130 cm³/mol. The summed E-state index contributed by atoms with van der Waals surface area (Å²) in [7, 11) is 0. The van der Waals surface area contributed by atoms with Crippen molar-refractivity contribution in [3.05, 3.63) is 113 Å². The molecule has 0 atom stereocenters. The molecule has 1 amide bonds. The molecule has 3 aromatic carbocycles. The highest BCUT2D eigenvalue weighted by atomic mass is 16.2. The number of carbonyl (C=O) groups excluding carboxylic acids is 1. The first-order chi connectivity index (χ1) is 16.2. The number of hydrogen-bond acceptors (Lipinski definition) is 3. The molecule has 5 rings (SSSR count). The van der Waals surface area contributed by atoms with Crippen molar-refractivity contribution in [1.82, 2.24) is 19.4 Å². The average molecular weight is 437 g/mol. The topological polar surface area (TPSA) is 68.9 Å². The van der Waals surface area contributed by atoms with Gasteiger partial charge in [0.25, 0.3) is 5.56 Å². The Morgan fingerprint density at radius 1 is 0.848 bits per heavy atom. The maximum atomic E-state index is 13.5. The van der Waals surface area contributed by atoms with E-state index in [2.05, 4.69) is 10.3 Å². The lowest BCUT2D eigenvalue weighted by molar-refractivity contribution is -0.121. The molecule has 0 aliphatic carbocycles. The van der Waals surface area contributed by atoms with Crippen LogP contribution >= 0.6 is 0 Å². The van der Waals surface area contributed by atoms with Crippen LogP contribution in [0.15, 0.2) is 96.1 Å². The number of hydrogen-bond donors (Lipinski definition) is 1. The minimum atomic E-state index is -0.155. The van der Waals surface area contributed by atoms with E-state index in [0.717, 1.165) is 22.9 Å². The van der Waals surface area contributed by atoms with E-state index in [1.807, 2.05) is 84.9 Å². The summed E-state index contributed by atoms with van der Waals surface area (Å²) in [4.78, 5) is 30.9. The van der Waals surface area contributed by atoms with Gasteiger partial charge < -0.3 is 9.88 Å². The van der Waals surface area contributed by atoms with Crippen LogP contribution in [0.2, 0.25) is 0 Å². The second-order valence-corrected chi connectivity index (χ2v) is 8.05. The summed E-state index contributed by atoms with van der Waals surface area (Å²) in [5, 5.41) is 3.85. The van der Waals surface area contributed by atoms with Gasteiger partial charge in [0.15, 0.2) is 0 Å². The molecule has 0 aliphatic heterocycles. The van der Waals surface area contributed by atoms with Crippen LogP contribution in [0.25, 0.3) is 21.9 Å². The Bertz CT molecular complexity index is 1470. The number of nitrogens with one attached hydrogen (secondary N) is 1. The van der Waals surface area contributed by atoms with E-state index < -0.39 is 0 Å². The molecule has 164 valence electrons. The van der Waals surface area contributed by atoms with Gasteiger partial charge >= 0.3 is 0 Å². The maximum Gasteiger partial charge on any atom is 0.278 e. The third-order valence-electron chi connectivity index (χ3n) is 5.81. The first-order valence-corrected chi connectivity index (χ1v) is 11.0. The summed E-state index contributed by atoms with van der Waals surface area (Å²) < 4.78 is 3.39. The van der Waals surface area contributed by atoms with Gasteiger partial charge in [-0.3, -0.25) is 14.2 Å². The van der Waals surface area contributed by atoms with E-state index in [-0.39, 0.29) is 18.0 Å². The fourth-order valence-electron chi connectivity index (χ4n) is 4.20. The summed E-state index contributed by atoms with van der Waals surface area (Å²) in [5.41, 5.74) is 3.93. The molecule has 0 spiro atoms. The summed E-state index contributed by atoms with van der Waals surface area (Å²) in [6, 6.07) is 27.5. The fraction of sp³-hybridized carbons (Fsp3) is 0.148. The second-order valence-electron chi connectivity index (χ2n) is 8.05. The van der Waals surface area contributed by atoms with Crippen molar-refractivity contribution in [3.63, 3.8) is 0 Å². The molecule has 0 unspecified atom stereocenters. The molecule has 6 heteroatoms. The third kappa shape index (κ3) is 4.28. The van der Waals surface area contributed by atoms with Crippen molar-refractivity contribution in [1.29, 1.82) is 0 Å². The lowest BCUT2D eigenvalue weighted by atomic mass is 10.1. The quantitative estimate of drug-likeness (QED) is 0.422. The molecule has 0 fully saturated rings.